The van der Waals surface area contributed by atoms with Crippen LogP contribution in [-0.4, -0.2) is 102 Å². The third kappa shape index (κ3) is 17.6. The molecule has 0 amide bonds. The summed E-state index contributed by atoms with van der Waals surface area (Å²) in [6.07, 6.45) is 10.5. The molecule has 7 N–H and O–H groups in total. The van der Waals surface area contributed by atoms with Gasteiger partial charge in [0.2, 0.25) is 0 Å². The maximum absolute atomic E-state index is 13.5. The van der Waals surface area contributed by atoms with Crippen molar-refractivity contribution in [3.8, 4) is 0 Å². The fraction of sp³-hybridized carbons (Fsp3) is 0.708. The molecule has 11 heteroatoms. The zero-order valence-corrected chi connectivity index (χ0v) is 37.5. The van der Waals surface area contributed by atoms with Crippen LogP contribution in [-0.2, 0) is 19.1 Å². The van der Waals surface area contributed by atoms with Crippen LogP contribution >= 0.6 is 0 Å². The quantitative estimate of drug-likeness (QED) is 0.0912. The van der Waals surface area contributed by atoms with Crippen LogP contribution in [0, 0.1) is 29.6 Å². The van der Waals surface area contributed by atoms with Gasteiger partial charge in [0.25, 0.3) is 0 Å². The van der Waals surface area contributed by atoms with Crippen LogP contribution in [0.3, 0.4) is 0 Å². The molecule has 2 bridgehead atoms. The summed E-state index contributed by atoms with van der Waals surface area (Å²) in [6.45, 7) is 18.2. The molecule has 0 aromatic carbocycles. The predicted molar refractivity (Wildman–Crippen MR) is 232 cm³/mol. The maximum atomic E-state index is 13.5. The summed E-state index contributed by atoms with van der Waals surface area (Å²) in [5.74, 6) is -3.41. The topological polar surface area (TPSA) is 194 Å². The van der Waals surface area contributed by atoms with Crippen molar-refractivity contribution in [3.05, 3.63) is 70.9 Å². The van der Waals surface area contributed by atoms with E-state index in [1.165, 1.54) is 6.08 Å². The van der Waals surface area contributed by atoms with Crippen molar-refractivity contribution in [2.24, 2.45) is 29.6 Å². The highest BCUT2D eigenvalue weighted by molar-refractivity contribution is 5.87. The van der Waals surface area contributed by atoms with Crippen LogP contribution in [0.15, 0.2) is 70.9 Å². The van der Waals surface area contributed by atoms with Gasteiger partial charge in [0.1, 0.15) is 11.9 Å². The predicted octanol–water partition coefficient (Wildman–Crippen LogP) is 6.73. The highest BCUT2D eigenvalue weighted by Gasteiger charge is 2.41. The van der Waals surface area contributed by atoms with Gasteiger partial charge in [-0.15, -0.1) is 0 Å². The van der Waals surface area contributed by atoms with Gasteiger partial charge in [-0.05, 0) is 77.7 Å². The third-order valence-corrected chi connectivity index (χ3v) is 12.4. The second kappa shape index (κ2) is 25.3. The Morgan fingerprint density at radius 2 is 1.63 bits per heavy atom. The van der Waals surface area contributed by atoms with Gasteiger partial charge in [-0.2, -0.15) is 0 Å². The van der Waals surface area contributed by atoms with E-state index in [-0.39, 0.29) is 67.7 Å². The monoisotopic (exact) mass is 831 g/mol. The molecule has 14 atom stereocenters. The number of aliphatic hydroxyl groups is 7. The minimum atomic E-state index is -1.41. The van der Waals surface area contributed by atoms with E-state index in [2.05, 4.69) is 0 Å². The number of esters is 1. The lowest BCUT2D eigenvalue weighted by atomic mass is 9.85. The molecule has 0 aromatic heterocycles. The first-order chi connectivity index (χ1) is 27.6. The van der Waals surface area contributed by atoms with Crippen LogP contribution in [0.5, 0.6) is 0 Å². The van der Waals surface area contributed by atoms with E-state index in [0.717, 1.165) is 12.0 Å². The van der Waals surface area contributed by atoms with E-state index >= 15 is 0 Å². The average Bonchev–Trinajstić information content (AvgIpc) is 3.18. The summed E-state index contributed by atoms with van der Waals surface area (Å²) >= 11 is 0. The Morgan fingerprint density at radius 3 is 2.29 bits per heavy atom. The zero-order valence-electron chi connectivity index (χ0n) is 37.5. The standard InChI is InChI=1S/C48H78O11/c1-11-39(49)37(10)43(53)27-45(55)44(54)25-30(3)24-35(8)46-28-42(52)32(5)16-14-12-13-15-31(4)41(51)26-38-19-18-36(9)48(57,59-38)22-21-29(2)23-34(7)40(50)20-17-33(6)47(56)58-46/h12-14,16-17,21,23,25,31-32,35-40,42-46,49-50,52-55,57H,11,15,18-20,22,24,26-28H2,1-10H3/b13-12+,16-14+,29-21+,30-25+,33-17+,34-23+. The van der Waals surface area contributed by atoms with E-state index in [1.54, 1.807) is 40.7 Å². The van der Waals surface area contributed by atoms with Gasteiger partial charge in [-0.1, -0.05) is 101 Å². The molecule has 14 unspecified atom stereocenters. The first-order valence-corrected chi connectivity index (χ1v) is 21.8. The molecular weight excluding hydrogens is 753 g/mol. The summed E-state index contributed by atoms with van der Waals surface area (Å²) in [6, 6.07) is 0. The Bertz CT molecular complexity index is 1510. The van der Waals surface area contributed by atoms with E-state index in [1.807, 2.05) is 71.1 Å². The van der Waals surface area contributed by atoms with E-state index in [9.17, 15) is 45.3 Å². The Hall–Kier alpha value is -2.74. The van der Waals surface area contributed by atoms with Crippen molar-refractivity contribution < 1.29 is 54.8 Å². The number of ketones is 1. The number of hydrogen-bond donors (Lipinski definition) is 7. The van der Waals surface area contributed by atoms with Gasteiger partial charge >= 0.3 is 5.97 Å². The number of carbonyl (C=O) groups is 2. The Kier molecular flexibility index (Phi) is 22.4. The van der Waals surface area contributed by atoms with E-state index < -0.39 is 60.4 Å². The molecule has 59 heavy (non-hydrogen) atoms. The molecular formula is C48H78O11. The SMILES string of the molecule is CCC(O)C(C)C(O)CC(O)C(O)/C=C(\C)CC(C)C1CC(O)C(C)/C=C/C=C/CC(C)C(=O)CC2CCC(C)C(O)(C/C=C(C)/C=C(\C)C(O)C/C=C(\C)C(=O)O1)O2. The molecule has 2 aliphatic heterocycles. The van der Waals surface area contributed by atoms with Gasteiger partial charge in [-0.3, -0.25) is 4.79 Å². The fourth-order valence-electron chi connectivity index (χ4n) is 7.60. The molecule has 0 aliphatic carbocycles. The Balaban J connectivity index is 2.35. The van der Waals surface area contributed by atoms with Crippen LogP contribution in [0.2, 0.25) is 0 Å². The van der Waals surface area contributed by atoms with E-state index in [0.29, 0.717) is 42.4 Å². The highest BCUT2D eigenvalue weighted by atomic mass is 16.6. The second-order valence-electron chi connectivity index (χ2n) is 17.9. The maximum Gasteiger partial charge on any atom is 0.333 e. The molecule has 2 heterocycles. The van der Waals surface area contributed by atoms with Crippen molar-refractivity contribution in [1.29, 1.82) is 0 Å². The second-order valence-corrected chi connectivity index (χ2v) is 17.9. The summed E-state index contributed by atoms with van der Waals surface area (Å²) < 4.78 is 12.2. The molecule has 11 nitrogen and oxygen atoms in total. The van der Waals surface area contributed by atoms with Gasteiger partial charge < -0.3 is 45.2 Å². The van der Waals surface area contributed by atoms with Crippen molar-refractivity contribution >= 4 is 11.8 Å². The summed E-state index contributed by atoms with van der Waals surface area (Å²) in [7, 11) is 0. The average molecular weight is 831 g/mol. The Labute approximate surface area is 354 Å². The minimum Gasteiger partial charge on any atom is -0.459 e. The summed E-state index contributed by atoms with van der Waals surface area (Å²) in [5.41, 5.74) is 2.52. The summed E-state index contributed by atoms with van der Waals surface area (Å²) in [5, 5.41) is 75.9. The first kappa shape index (κ1) is 52.4. The number of carbonyl (C=O) groups excluding carboxylic acids is 2. The minimum absolute atomic E-state index is 0.0661. The number of aliphatic hydroxyl groups excluding tert-OH is 6. The Morgan fingerprint density at radius 1 is 0.949 bits per heavy atom. The van der Waals surface area contributed by atoms with Crippen LogP contribution in [0.1, 0.15) is 133 Å². The summed E-state index contributed by atoms with van der Waals surface area (Å²) in [4.78, 5) is 26.7. The lowest BCUT2D eigenvalue weighted by molar-refractivity contribution is -0.277. The van der Waals surface area contributed by atoms with Crippen LogP contribution in [0.25, 0.3) is 0 Å². The number of allylic oxidation sites excluding steroid dienone is 6. The zero-order chi connectivity index (χ0) is 44.6. The number of ether oxygens (including phenoxy) is 2. The largest absolute Gasteiger partial charge is 0.459 e. The molecule has 2 aliphatic rings. The van der Waals surface area contributed by atoms with Crippen molar-refractivity contribution in [1.82, 2.24) is 0 Å². The highest BCUT2D eigenvalue weighted by Crippen LogP contribution is 2.37. The third-order valence-electron chi connectivity index (χ3n) is 12.4. The number of Topliss-reactive ketones (excluding diaryl/α,β-unsaturated/α-hetero) is 1. The van der Waals surface area contributed by atoms with Crippen molar-refractivity contribution in [2.75, 3.05) is 0 Å². The van der Waals surface area contributed by atoms with Crippen LogP contribution < -0.4 is 0 Å². The van der Waals surface area contributed by atoms with Gasteiger partial charge in [0, 0.05) is 54.9 Å². The first-order valence-electron chi connectivity index (χ1n) is 21.8. The van der Waals surface area contributed by atoms with E-state index in [4.69, 9.17) is 9.47 Å². The molecule has 1 fully saturated rings. The lowest BCUT2D eigenvalue weighted by Gasteiger charge is -2.41. The number of cyclic esters (lactones) is 1. The molecule has 0 spiro atoms. The molecule has 0 saturated carbocycles. The molecule has 0 radical (unpaired) electrons. The fourth-order valence-corrected chi connectivity index (χ4v) is 7.60. The number of fused-ring (bicyclic) bond motifs is 2. The molecule has 2 rings (SSSR count). The molecule has 336 valence electrons. The van der Waals surface area contributed by atoms with Gasteiger partial charge in [-0.25, -0.2) is 4.79 Å². The lowest BCUT2D eigenvalue weighted by Crippen LogP contribution is -2.47. The van der Waals surface area contributed by atoms with Crippen molar-refractivity contribution in [2.45, 2.75) is 188 Å². The molecule has 1 saturated heterocycles. The number of hydrogen-bond acceptors (Lipinski definition) is 11. The molecule has 0 aromatic rings. The smallest absolute Gasteiger partial charge is 0.333 e. The van der Waals surface area contributed by atoms with Crippen LogP contribution in [0.4, 0.5) is 0 Å². The number of rotatable bonds is 10. The van der Waals surface area contributed by atoms with Gasteiger partial charge in [0.05, 0.1) is 42.7 Å². The normalized spacial score (nSPS) is 36.2. The van der Waals surface area contributed by atoms with Gasteiger partial charge in [0.15, 0.2) is 5.79 Å². The van der Waals surface area contributed by atoms with Crippen molar-refractivity contribution in [3.63, 3.8) is 0 Å².